The van der Waals surface area contributed by atoms with Gasteiger partial charge < -0.3 is 10.4 Å². The van der Waals surface area contributed by atoms with Crippen LogP contribution in [0, 0.1) is 10.4 Å². The van der Waals surface area contributed by atoms with E-state index in [-0.39, 0.29) is 23.2 Å². The number of nitrogens with one attached hydrogen (secondary N) is 1. The van der Waals surface area contributed by atoms with Crippen molar-refractivity contribution in [2.45, 2.75) is 19.4 Å². The summed E-state index contributed by atoms with van der Waals surface area (Å²) in [7, 11) is 0.999. The summed E-state index contributed by atoms with van der Waals surface area (Å²) in [6, 6.07) is 2.95. The zero-order valence-electron chi connectivity index (χ0n) is 11.1. The first kappa shape index (κ1) is 15.3. The Morgan fingerprint density at radius 1 is 1.45 bits per heavy atom. The van der Waals surface area contributed by atoms with Crippen LogP contribution in [0.4, 0.5) is 11.4 Å². The second-order valence-electron chi connectivity index (χ2n) is 4.30. The highest BCUT2D eigenvalue weighted by Gasteiger charge is 2.61. The van der Waals surface area contributed by atoms with Gasteiger partial charge in [0, 0.05) is 19.2 Å². The standard InChI is InChI=1S/C11H17N3O6/c1-3-8-20-14(18)10-7-5-4-6-9(10)12(16)11(15,19-2)13(14)17/h4-7,12,15,17H,3,8H2,1-2H3. The van der Waals surface area contributed by atoms with E-state index < -0.39 is 16.0 Å². The van der Waals surface area contributed by atoms with Gasteiger partial charge in [-0.15, -0.1) is 0 Å². The second-order valence-corrected chi connectivity index (χ2v) is 4.30. The van der Waals surface area contributed by atoms with Gasteiger partial charge in [-0.05, 0) is 6.42 Å². The molecular formula is C11H17N3O6. The Bertz CT molecular complexity index is 489. The number of hydrogen-bond donors (Lipinski definition) is 3. The number of hydroxylamine groups is 2. The molecule has 0 spiro atoms. The van der Waals surface area contributed by atoms with Gasteiger partial charge in [-0.25, -0.2) is 0 Å². The van der Waals surface area contributed by atoms with Gasteiger partial charge in [0.1, 0.15) is 11.8 Å². The van der Waals surface area contributed by atoms with Crippen LogP contribution in [0.3, 0.4) is 0 Å². The fourth-order valence-electron chi connectivity index (χ4n) is 1.97. The summed E-state index contributed by atoms with van der Waals surface area (Å²) in [5.74, 6) is 0. The van der Waals surface area contributed by atoms with Crippen molar-refractivity contribution in [1.29, 1.82) is 0 Å². The van der Waals surface area contributed by atoms with E-state index in [4.69, 9.17) is 4.84 Å². The summed E-state index contributed by atoms with van der Waals surface area (Å²) in [4.78, 5) is 3.22. The van der Waals surface area contributed by atoms with E-state index >= 15 is 0 Å². The topological polar surface area (TPSA) is 113 Å². The van der Waals surface area contributed by atoms with E-state index in [2.05, 4.69) is 4.74 Å². The number of quaternary nitrogens is 2. The summed E-state index contributed by atoms with van der Waals surface area (Å²) in [6.45, 7) is 1.79. The van der Waals surface area contributed by atoms with E-state index in [0.29, 0.717) is 6.42 Å². The first-order valence-electron chi connectivity index (χ1n) is 6.08. The van der Waals surface area contributed by atoms with E-state index in [1.807, 2.05) is 0 Å². The summed E-state index contributed by atoms with van der Waals surface area (Å²) in [5.41, 5.74) is -0.205. The van der Waals surface area contributed by atoms with Gasteiger partial charge in [0.25, 0.3) is 0 Å². The number of hydrogen-bond acceptors (Lipinski definition) is 7. The van der Waals surface area contributed by atoms with E-state index in [0.717, 1.165) is 7.11 Å². The molecule has 1 aliphatic heterocycles. The van der Waals surface area contributed by atoms with Crippen LogP contribution in [0.1, 0.15) is 13.3 Å². The molecule has 0 saturated carbocycles. The molecule has 1 aromatic carbocycles. The highest BCUT2D eigenvalue weighted by molar-refractivity contribution is 5.60. The third-order valence-electron chi connectivity index (χ3n) is 3.02. The third-order valence-corrected chi connectivity index (χ3v) is 3.02. The minimum Gasteiger partial charge on any atom is -0.623 e. The largest absolute Gasteiger partial charge is 0.623 e. The van der Waals surface area contributed by atoms with Gasteiger partial charge in [-0.3, -0.25) is 20.1 Å². The molecule has 0 aromatic heterocycles. The van der Waals surface area contributed by atoms with Gasteiger partial charge >= 0.3 is 6.03 Å². The molecule has 0 bridgehead atoms. The summed E-state index contributed by atoms with van der Waals surface area (Å²) < 4.78 is 4.62. The predicted molar refractivity (Wildman–Crippen MR) is 67.4 cm³/mol. The third kappa shape index (κ3) is 2.02. The molecular weight excluding hydrogens is 270 g/mol. The van der Waals surface area contributed by atoms with Gasteiger partial charge in [0.15, 0.2) is 0 Å². The van der Waals surface area contributed by atoms with Crippen LogP contribution in [0.2, 0.25) is 0 Å². The number of fused-ring (bicyclic) bond motifs is 1. The SMILES string of the molecule is CCCO[N+]1([O-])c2ccccc2[NH+]([O-])C(O)(OC)N1O. The van der Waals surface area contributed by atoms with Crippen molar-refractivity contribution < 1.29 is 25.0 Å². The Morgan fingerprint density at radius 3 is 2.70 bits per heavy atom. The molecule has 0 amide bonds. The highest BCUT2D eigenvalue weighted by Crippen LogP contribution is 2.36. The van der Waals surface area contributed by atoms with Crippen molar-refractivity contribution in [2.75, 3.05) is 13.7 Å². The Kier molecular flexibility index (Phi) is 4.07. The lowest BCUT2D eigenvalue weighted by Crippen LogP contribution is -3.17. The maximum atomic E-state index is 12.8. The van der Waals surface area contributed by atoms with Crippen LogP contribution in [0.5, 0.6) is 0 Å². The maximum Gasteiger partial charge on any atom is 0.462 e. The average molecular weight is 287 g/mol. The molecule has 1 aromatic rings. The quantitative estimate of drug-likeness (QED) is 0.396. The number of ether oxygens (including phenoxy) is 1. The first-order valence-corrected chi connectivity index (χ1v) is 6.08. The van der Waals surface area contributed by atoms with Gasteiger partial charge in [-0.1, -0.05) is 24.0 Å². The molecule has 20 heavy (non-hydrogen) atoms. The molecule has 3 unspecified atom stereocenters. The summed E-state index contributed by atoms with van der Waals surface area (Å²) in [5, 5.41) is 43.9. The van der Waals surface area contributed by atoms with Gasteiger partial charge in [-0.2, -0.15) is 4.84 Å². The molecule has 112 valence electrons. The first-order chi connectivity index (χ1) is 9.41. The van der Waals surface area contributed by atoms with Crippen LogP contribution in [-0.4, -0.2) is 35.2 Å². The van der Waals surface area contributed by atoms with Crippen LogP contribution < -0.4 is 9.98 Å². The number of methoxy groups -OCH3 is 1. The number of rotatable bonds is 4. The summed E-state index contributed by atoms with van der Waals surface area (Å²) in [6.07, 6.45) is 0.512. The number of para-hydroxylation sites is 1. The lowest BCUT2D eigenvalue weighted by Gasteiger charge is -2.51. The zero-order valence-corrected chi connectivity index (χ0v) is 11.1. The zero-order chi connectivity index (χ0) is 15.0. The number of aliphatic hydroxyl groups is 1. The lowest BCUT2D eigenvalue weighted by atomic mass is 10.2. The molecule has 3 atom stereocenters. The fraction of sp³-hybridized carbons (Fsp3) is 0.455. The van der Waals surface area contributed by atoms with Crippen molar-refractivity contribution in [3.63, 3.8) is 0 Å². The molecule has 1 heterocycles. The number of benzene rings is 1. The Morgan fingerprint density at radius 2 is 2.10 bits per heavy atom. The molecule has 0 fully saturated rings. The minimum atomic E-state index is -2.80. The Labute approximate surface area is 115 Å². The van der Waals surface area contributed by atoms with Crippen LogP contribution in [-0.2, 0) is 9.57 Å². The van der Waals surface area contributed by atoms with Crippen molar-refractivity contribution in [3.8, 4) is 0 Å². The van der Waals surface area contributed by atoms with Crippen molar-refractivity contribution in [3.05, 3.63) is 34.7 Å². The molecule has 9 heteroatoms. The monoisotopic (exact) mass is 287 g/mol. The predicted octanol–water partition coefficient (Wildman–Crippen LogP) is -0.283. The van der Waals surface area contributed by atoms with Gasteiger partial charge in [0.05, 0.1) is 0 Å². The van der Waals surface area contributed by atoms with Crippen LogP contribution in [0.25, 0.3) is 0 Å². The molecule has 3 N–H and O–H groups in total. The highest BCUT2D eigenvalue weighted by atomic mass is 17.0. The summed E-state index contributed by atoms with van der Waals surface area (Å²) >= 11 is 0. The van der Waals surface area contributed by atoms with Crippen LogP contribution >= 0.6 is 0 Å². The fourth-order valence-corrected chi connectivity index (χ4v) is 1.97. The Balaban J connectivity index is 2.58. The molecule has 2 rings (SSSR count). The molecule has 9 nitrogen and oxygen atoms in total. The van der Waals surface area contributed by atoms with Crippen molar-refractivity contribution in [2.24, 2.45) is 0 Å². The molecule has 1 aliphatic rings. The lowest BCUT2D eigenvalue weighted by molar-refractivity contribution is -0.955. The van der Waals surface area contributed by atoms with E-state index in [1.54, 1.807) is 6.92 Å². The normalized spacial score (nSPS) is 34.0. The second kappa shape index (κ2) is 5.33. The van der Waals surface area contributed by atoms with E-state index in [1.165, 1.54) is 24.3 Å². The smallest absolute Gasteiger partial charge is 0.462 e. The minimum absolute atomic E-state index is 0.0167. The molecule has 0 aliphatic carbocycles. The molecule has 0 radical (unpaired) electrons. The van der Waals surface area contributed by atoms with Crippen molar-refractivity contribution >= 4 is 11.4 Å². The van der Waals surface area contributed by atoms with Crippen molar-refractivity contribution in [1.82, 2.24) is 10.1 Å². The van der Waals surface area contributed by atoms with E-state index in [9.17, 15) is 20.7 Å². The van der Waals surface area contributed by atoms with Crippen LogP contribution in [0.15, 0.2) is 24.3 Å². The van der Waals surface area contributed by atoms with Gasteiger partial charge in [0.2, 0.25) is 11.4 Å². The number of nitrogens with zero attached hydrogens (tertiary/aromatic N) is 2. The molecule has 0 saturated heterocycles. The maximum absolute atomic E-state index is 12.8. The Hall–Kier alpha value is -1.14. The average Bonchev–Trinajstić information content (AvgIpc) is 2.49.